The van der Waals surface area contributed by atoms with Gasteiger partial charge in [0.05, 0.1) is 4.70 Å². The Morgan fingerprint density at radius 2 is 2.23 bits per heavy atom. The summed E-state index contributed by atoms with van der Waals surface area (Å²) in [6.07, 6.45) is 0. The third-order valence-electron chi connectivity index (χ3n) is 2.05. The van der Waals surface area contributed by atoms with Crippen molar-refractivity contribution in [3.8, 4) is 5.75 Å². The van der Waals surface area contributed by atoms with E-state index in [1.54, 1.807) is 11.3 Å². The fourth-order valence-corrected chi connectivity index (χ4v) is 2.82. The van der Waals surface area contributed by atoms with Gasteiger partial charge in [-0.3, -0.25) is 0 Å². The third-order valence-corrected chi connectivity index (χ3v) is 4.18. The highest BCUT2D eigenvalue weighted by molar-refractivity contribution is 9.08. The van der Waals surface area contributed by atoms with Crippen molar-refractivity contribution in [3.63, 3.8) is 0 Å². The van der Waals surface area contributed by atoms with Gasteiger partial charge in [0, 0.05) is 10.2 Å². The van der Waals surface area contributed by atoms with E-state index in [4.69, 9.17) is 0 Å². The Kier molecular flexibility index (Phi) is 2.30. The van der Waals surface area contributed by atoms with E-state index in [0.29, 0.717) is 5.75 Å². The van der Waals surface area contributed by atoms with Crippen LogP contribution in [0.5, 0.6) is 5.75 Å². The summed E-state index contributed by atoms with van der Waals surface area (Å²) in [4.78, 5) is 1.25. The predicted molar refractivity (Wildman–Crippen MR) is 60.9 cm³/mol. The first-order valence-electron chi connectivity index (χ1n) is 3.99. The number of aryl methyl sites for hydroxylation is 1. The monoisotopic (exact) mass is 256 g/mol. The van der Waals surface area contributed by atoms with Crippen LogP contribution in [0.2, 0.25) is 0 Å². The Morgan fingerprint density at radius 1 is 1.46 bits per heavy atom. The molecule has 0 bridgehead atoms. The lowest BCUT2D eigenvalue weighted by atomic mass is 10.2. The van der Waals surface area contributed by atoms with Crippen LogP contribution in [0.15, 0.2) is 18.2 Å². The Morgan fingerprint density at radius 3 is 2.92 bits per heavy atom. The van der Waals surface area contributed by atoms with Crippen LogP contribution < -0.4 is 0 Å². The Labute approximate surface area is 89.1 Å². The van der Waals surface area contributed by atoms with Crippen molar-refractivity contribution in [3.05, 3.63) is 28.6 Å². The normalized spacial score (nSPS) is 10.9. The van der Waals surface area contributed by atoms with Crippen molar-refractivity contribution in [2.75, 3.05) is 0 Å². The molecule has 0 aliphatic heterocycles. The van der Waals surface area contributed by atoms with Crippen molar-refractivity contribution in [2.45, 2.75) is 12.3 Å². The summed E-state index contributed by atoms with van der Waals surface area (Å²) in [5.74, 6) is 0.426. The number of aromatic hydroxyl groups is 1. The molecule has 0 fully saturated rings. The summed E-state index contributed by atoms with van der Waals surface area (Å²) in [6, 6.07) is 6.10. The molecule has 0 amide bonds. The molecule has 1 heterocycles. The van der Waals surface area contributed by atoms with Crippen molar-refractivity contribution in [2.24, 2.45) is 0 Å². The Hall–Kier alpha value is -0.540. The van der Waals surface area contributed by atoms with E-state index in [9.17, 15) is 5.11 Å². The second-order valence-corrected chi connectivity index (χ2v) is 4.69. The van der Waals surface area contributed by atoms with Crippen LogP contribution in [0, 0.1) is 6.92 Å². The van der Waals surface area contributed by atoms with Gasteiger partial charge in [0.25, 0.3) is 0 Å². The first-order valence-corrected chi connectivity index (χ1v) is 5.93. The number of thiophene rings is 1. The van der Waals surface area contributed by atoms with Gasteiger partial charge in [-0.25, -0.2) is 0 Å². The smallest absolute Gasteiger partial charge is 0.136 e. The van der Waals surface area contributed by atoms with Gasteiger partial charge in [0.15, 0.2) is 0 Å². The SMILES string of the molecule is Cc1ccc2cc(CBr)sc2c1O. The second kappa shape index (κ2) is 3.31. The van der Waals surface area contributed by atoms with Crippen LogP contribution in [0.25, 0.3) is 10.1 Å². The van der Waals surface area contributed by atoms with Gasteiger partial charge >= 0.3 is 0 Å². The molecule has 1 aromatic carbocycles. The van der Waals surface area contributed by atoms with E-state index in [1.807, 2.05) is 19.1 Å². The molecular weight excluding hydrogens is 248 g/mol. The fourth-order valence-electron chi connectivity index (χ4n) is 1.31. The molecule has 2 aromatic rings. The Bertz CT molecular complexity index is 447. The van der Waals surface area contributed by atoms with Gasteiger partial charge in [-0.05, 0) is 23.9 Å². The largest absolute Gasteiger partial charge is 0.506 e. The minimum absolute atomic E-state index is 0.426. The number of alkyl halides is 1. The fraction of sp³-hybridized carbons (Fsp3) is 0.200. The average molecular weight is 257 g/mol. The molecule has 1 N–H and O–H groups in total. The molecule has 0 unspecified atom stereocenters. The van der Waals surface area contributed by atoms with E-state index in [2.05, 4.69) is 22.0 Å². The van der Waals surface area contributed by atoms with Crippen LogP contribution in [0.1, 0.15) is 10.4 Å². The third kappa shape index (κ3) is 1.46. The highest BCUT2D eigenvalue weighted by Crippen LogP contribution is 2.35. The molecule has 0 atom stereocenters. The zero-order chi connectivity index (χ0) is 9.42. The predicted octanol–water partition coefficient (Wildman–Crippen LogP) is 3.81. The molecular formula is C10H9BrOS. The summed E-state index contributed by atoms with van der Waals surface area (Å²) >= 11 is 5.05. The minimum Gasteiger partial charge on any atom is -0.506 e. The molecule has 0 aliphatic rings. The standard InChI is InChI=1S/C10H9BrOS/c1-6-2-3-7-4-8(5-11)13-10(7)9(6)12/h2-4,12H,5H2,1H3. The number of hydrogen-bond acceptors (Lipinski definition) is 2. The topological polar surface area (TPSA) is 20.2 Å². The summed E-state index contributed by atoms with van der Waals surface area (Å²) in [6.45, 7) is 1.92. The molecule has 0 radical (unpaired) electrons. The molecule has 2 rings (SSSR count). The second-order valence-electron chi connectivity index (χ2n) is 3.00. The van der Waals surface area contributed by atoms with Crippen LogP contribution in [-0.4, -0.2) is 5.11 Å². The molecule has 0 aliphatic carbocycles. The highest BCUT2D eigenvalue weighted by atomic mass is 79.9. The maximum absolute atomic E-state index is 9.76. The molecule has 1 nitrogen and oxygen atoms in total. The van der Waals surface area contributed by atoms with E-state index in [0.717, 1.165) is 21.0 Å². The maximum atomic E-state index is 9.76. The van der Waals surface area contributed by atoms with Crippen LogP contribution >= 0.6 is 27.3 Å². The average Bonchev–Trinajstić information content (AvgIpc) is 2.55. The highest BCUT2D eigenvalue weighted by Gasteiger charge is 2.06. The van der Waals surface area contributed by atoms with Gasteiger partial charge in [0.1, 0.15) is 5.75 Å². The quantitative estimate of drug-likeness (QED) is 0.770. The summed E-state index contributed by atoms with van der Waals surface area (Å²) in [7, 11) is 0. The lowest BCUT2D eigenvalue weighted by Crippen LogP contribution is -1.72. The van der Waals surface area contributed by atoms with Crippen LogP contribution in [0.3, 0.4) is 0 Å². The molecule has 0 saturated heterocycles. The van der Waals surface area contributed by atoms with Crippen molar-refractivity contribution in [1.82, 2.24) is 0 Å². The number of fused-ring (bicyclic) bond motifs is 1. The van der Waals surface area contributed by atoms with E-state index in [1.165, 1.54) is 4.88 Å². The van der Waals surface area contributed by atoms with Crippen molar-refractivity contribution >= 4 is 37.4 Å². The zero-order valence-corrected chi connectivity index (χ0v) is 9.58. The Balaban J connectivity index is 2.76. The molecule has 0 saturated carbocycles. The summed E-state index contributed by atoms with van der Waals surface area (Å²) in [5.41, 5.74) is 0.940. The van der Waals surface area contributed by atoms with Crippen LogP contribution in [0.4, 0.5) is 0 Å². The van der Waals surface area contributed by atoms with Gasteiger partial charge in [-0.1, -0.05) is 28.1 Å². The molecule has 3 heteroatoms. The van der Waals surface area contributed by atoms with E-state index < -0.39 is 0 Å². The number of hydrogen-bond donors (Lipinski definition) is 1. The molecule has 1 aromatic heterocycles. The van der Waals surface area contributed by atoms with E-state index >= 15 is 0 Å². The van der Waals surface area contributed by atoms with Crippen molar-refractivity contribution < 1.29 is 5.11 Å². The molecule has 13 heavy (non-hydrogen) atoms. The maximum Gasteiger partial charge on any atom is 0.136 e. The number of phenols is 1. The van der Waals surface area contributed by atoms with Crippen molar-refractivity contribution in [1.29, 1.82) is 0 Å². The van der Waals surface area contributed by atoms with Gasteiger partial charge in [-0.15, -0.1) is 11.3 Å². The van der Waals surface area contributed by atoms with Gasteiger partial charge < -0.3 is 5.11 Å². The van der Waals surface area contributed by atoms with Crippen LogP contribution in [-0.2, 0) is 5.33 Å². The molecule has 68 valence electrons. The van der Waals surface area contributed by atoms with E-state index in [-0.39, 0.29) is 0 Å². The summed E-state index contributed by atoms with van der Waals surface area (Å²) < 4.78 is 0.995. The first kappa shape index (κ1) is 9.03. The number of phenolic OH excluding ortho intramolecular Hbond substituents is 1. The number of benzene rings is 1. The summed E-state index contributed by atoms with van der Waals surface area (Å²) in [5, 5.41) is 11.7. The number of halogens is 1. The first-order chi connectivity index (χ1) is 6.22. The number of rotatable bonds is 1. The van der Waals surface area contributed by atoms with Gasteiger partial charge in [0.2, 0.25) is 0 Å². The lowest BCUT2D eigenvalue weighted by Gasteiger charge is -1.97. The van der Waals surface area contributed by atoms with Gasteiger partial charge in [-0.2, -0.15) is 0 Å². The molecule has 0 spiro atoms. The lowest BCUT2D eigenvalue weighted by molar-refractivity contribution is 0.478. The zero-order valence-electron chi connectivity index (χ0n) is 7.17. The minimum atomic E-state index is 0.426.